The highest BCUT2D eigenvalue weighted by atomic mass is 32.1. The van der Waals surface area contributed by atoms with E-state index in [1.54, 1.807) is 43.8 Å². The Balaban J connectivity index is 1.15. The minimum atomic E-state index is -0.575. The van der Waals surface area contributed by atoms with Gasteiger partial charge in [-0.2, -0.15) is 4.98 Å². The van der Waals surface area contributed by atoms with Gasteiger partial charge in [0, 0.05) is 56.2 Å². The molecule has 46 heavy (non-hydrogen) atoms. The number of anilines is 3. The van der Waals surface area contributed by atoms with E-state index >= 15 is 0 Å². The molecule has 2 saturated heterocycles. The smallest absolute Gasteiger partial charge is 0.338 e. The number of fused-ring (bicyclic) bond motifs is 1. The van der Waals surface area contributed by atoms with Crippen molar-refractivity contribution in [3.63, 3.8) is 0 Å². The molecule has 6 rings (SSSR count). The molecule has 5 heterocycles. The van der Waals surface area contributed by atoms with Crippen LogP contribution in [0.3, 0.4) is 0 Å². The Morgan fingerprint density at radius 2 is 1.83 bits per heavy atom. The molecular formula is C32H41N9O4S. The first-order chi connectivity index (χ1) is 22.0. The largest absolute Gasteiger partial charge is 0.497 e. The third kappa shape index (κ3) is 6.63. The number of nitrogens with two attached hydrogens (primary N) is 1. The number of ether oxygens (including phenoxy) is 3. The van der Waals surface area contributed by atoms with E-state index in [2.05, 4.69) is 36.9 Å². The van der Waals surface area contributed by atoms with E-state index in [0.29, 0.717) is 35.6 Å². The first-order valence-electron chi connectivity index (χ1n) is 15.5. The monoisotopic (exact) mass is 647 g/mol. The van der Waals surface area contributed by atoms with Crippen LogP contribution < -0.4 is 25.6 Å². The number of hydrogen-bond donors (Lipinski definition) is 2. The number of carbonyl (C=O) groups excluding carboxylic acids is 1. The minimum absolute atomic E-state index is 0.154. The van der Waals surface area contributed by atoms with Crippen molar-refractivity contribution in [2.45, 2.75) is 44.7 Å². The van der Waals surface area contributed by atoms with Gasteiger partial charge in [0.05, 0.1) is 42.7 Å². The maximum atomic E-state index is 12.6. The van der Waals surface area contributed by atoms with E-state index in [4.69, 9.17) is 42.1 Å². The Hall–Kier alpha value is -4.30. The van der Waals surface area contributed by atoms with Gasteiger partial charge in [-0.1, -0.05) is 0 Å². The third-order valence-corrected chi connectivity index (χ3v) is 9.14. The topological polar surface area (TPSA) is 144 Å². The third-order valence-electron chi connectivity index (χ3n) is 8.78. The second-order valence-corrected chi connectivity index (χ2v) is 13.2. The SMILES string of the molecule is COc1ccc(C(=O)OCC(C)(C)NC(=S)N2CC[C@](C)(N3CCc4c(-c5cnc(N)nc5)nc(N5CCOCC5)nc43)C2)cc1. The first-order valence-corrected chi connectivity index (χ1v) is 15.9. The molecule has 0 radical (unpaired) electrons. The summed E-state index contributed by atoms with van der Waals surface area (Å²) < 4.78 is 16.4. The van der Waals surface area contributed by atoms with Gasteiger partial charge in [0.25, 0.3) is 0 Å². The fraction of sp³-hybridized carbons (Fsp3) is 0.500. The van der Waals surface area contributed by atoms with Gasteiger partial charge in [-0.25, -0.2) is 19.7 Å². The zero-order chi connectivity index (χ0) is 32.5. The van der Waals surface area contributed by atoms with Gasteiger partial charge in [0.2, 0.25) is 11.9 Å². The average molecular weight is 648 g/mol. The number of likely N-dealkylation sites (tertiary alicyclic amines) is 1. The summed E-state index contributed by atoms with van der Waals surface area (Å²) in [5.74, 6) is 2.14. The lowest BCUT2D eigenvalue weighted by molar-refractivity contribution is 0.0415. The summed E-state index contributed by atoms with van der Waals surface area (Å²) in [6, 6.07) is 6.85. The van der Waals surface area contributed by atoms with E-state index in [1.165, 1.54) is 0 Å². The fourth-order valence-electron chi connectivity index (χ4n) is 6.17. The highest BCUT2D eigenvalue weighted by Gasteiger charge is 2.44. The zero-order valence-corrected chi connectivity index (χ0v) is 27.6. The molecule has 0 bridgehead atoms. The summed E-state index contributed by atoms with van der Waals surface area (Å²) in [6.07, 6.45) is 5.17. The number of morpholine rings is 1. The summed E-state index contributed by atoms with van der Waals surface area (Å²) in [4.78, 5) is 38.1. The highest BCUT2D eigenvalue weighted by molar-refractivity contribution is 7.80. The van der Waals surface area contributed by atoms with Crippen LogP contribution in [0.25, 0.3) is 11.3 Å². The van der Waals surface area contributed by atoms with Crippen molar-refractivity contribution in [3.8, 4) is 17.0 Å². The van der Waals surface area contributed by atoms with E-state index in [1.807, 2.05) is 13.8 Å². The standard InChI is InChI=1S/C32H41N9O4S/c1-31(2,20-45-27(42)21-5-7-23(43-4)8-6-21)38-30(46)40-12-10-32(3,19-40)41-11-9-24-25(22-17-34-28(33)35-18-22)36-29(37-26(24)41)39-13-15-44-16-14-39/h5-8,17-18H,9-16,19-20H2,1-4H3,(H,38,46)(H2,33,34,35)/t32-/m0/s1. The number of nitrogen functional groups attached to an aromatic ring is 1. The van der Waals surface area contributed by atoms with Crippen LogP contribution in [0.15, 0.2) is 36.7 Å². The average Bonchev–Trinajstić information content (AvgIpc) is 3.69. The van der Waals surface area contributed by atoms with Crippen LogP contribution in [-0.4, -0.2) is 107 Å². The summed E-state index contributed by atoms with van der Waals surface area (Å²) in [7, 11) is 1.59. The molecule has 0 unspecified atom stereocenters. The normalized spacial score (nSPS) is 19.6. The molecule has 0 aliphatic carbocycles. The van der Waals surface area contributed by atoms with E-state index in [0.717, 1.165) is 68.2 Å². The van der Waals surface area contributed by atoms with Crippen molar-refractivity contribution in [2.24, 2.45) is 0 Å². The Morgan fingerprint density at radius 3 is 2.52 bits per heavy atom. The van der Waals surface area contributed by atoms with Crippen molar-refractivity contribution < 1.29 is 19.0 Å². The molecule has 244 valence electrons. The molecule has 3 aliphatic rings. The molecule has 14 heteroatoms. The second kappa shape index (κ2) is 12.8. The Morgan fingerprint density at radius 1 is 1.11 bits per heavy atom. The van der Waals surface area contributed by atoms with E-state index < -0.39 is 11.5 Å². The number of rotatable bonds is 8. The number of benzene rings is 1. The van der Waals surface area contributed by atoms with Crippen LogP contribution in [-0.2, 0) is 15.9 Å². The van der Waals surface area contributed by atoms with Crippen molar-refractivity contribution in [1.29, 1.82) is 0 Å². The summed E-state index contributed by atoms with van der Waals surface area (Å²) in [6.45, 7) is 11.4. The molecule has 0 spiro atoms. The number of hydrogen-bond acceptors (Lipinski definition) is 12. The molecule has 2 aromatic heterocycles. The summed E-state index contributed by atoms with van der Waals surface area (Å²) >= 11 is 5.89. The molecule has 13 nitrogen and oxygen atoms in total. The number of carbonyl (C=O) groups is 1. The van der Waals surface area contributed by atoms with Gasteiger partial charge in [0.15, 0.2) is 5.11 Å². The maximum absolute atomic E-state index is 12.6. The summed E-state index contributed by atoms with van der Waals surface area (Å²) in [5.41, 5.74) is 8.22. The molecule has 0 saturated carbocycles. The number of aromatic nitrogens is 4. The summed E-state index contributed by atoms with van der Waals surface area (Å²) in [5, 5.41) is 4.06. The van der Waals surface area contributed by atoms with Crippen molar-refractivity contribution in [3.05, 3.63) is 47.8 Å². The van der Waals surface area contributed by atoms with Gasteiger partial charge in [-0.3, -0.25) is 0 Å². The van der Waals surface area contributed by atoms with Crippen molar-refractivity contribution in [2.75, 3.05) is 75.2 Å². The first kappa shape index (κ1) is 31.7. The molecular weight excluding hydrogens is 606 g/mol. The Bertz CT molecular complexity index is 1580. The Labute approximate surface area is 274 Å². The molecule has 2 fully saturated rings. The van der Waals surface area contributed by atoms with Crippen molar-refractivity contribution in [1.82, 2.24) is 30.2 Å². The molecule has 3 N–H and O–H groups in total. The molecule has 1 aromatic carbocycles. The second-order valence-electron chi connectivity index (χ2n) is 12.8. The predicted molar refractivity (Wildman–Crippen MR) is 179 cm³/mol. The molecule has 1 atom stereocenters. The number of nitrogens with one attached hydrogen (secondary N) is 1. The minimum Gasteiger partial charge on any atom is -0.497 e. The Kier molecular flexibility index (Phi) is 8.84. The van der Waals surface area contributed by atoms with Crippen LogP contribution in [0.1, 0.15) is 43.1 Å². The van der Waals surface area contributed by atoms with Crippen LogP contribution >= 0.6 is 12.2 Å². The van der Waals surface area contributed by atoms with Gasteiger partial charge >= 0.3 is 5.97 Å². The quantitative estimate of drug-likeness (QED) is 0.273. The number of esters is 1. The fourth-order valence-corrected chi connectivity index (χ4v) is 6.60. The van der Waals surface area contributed by atoms with Gasteiger partial charge < -0.3 is 40.0 Å². The van der Waals surface area contributed by atoms with E-state index in [9.17, 15) is 4.79 Å². The van der Waals surface area contributed by atoms with Gasteiger partial charge in [0.1, 0.15) is 18.2 Å². The predicted octanol–water partition coefficient (Wildman–Crippen LogP) is 2.70. The van der Waals surface area contributed by atoms with Crippen LogP contribution in [0.4, 0.5) is 17.7 Å². The lowest BCUT2D eigenvalue weighted by atomic mass is 9.99. The number of nitrogens with zero attached hydrogens (tertiary/aromatic N) is 7. The lowest BCUT2D eigenvalue weighted by Gasteiger charge is -2.38. The maximum Gasteiger partial charge on any atom is 0.338 e. The van der Waals surface area contributed by atoms with Crippen LogP contribution in [0, 0.1) is 0 Å². The van der Waals surface area contributed by atoms with Crippen LogP contribution in [0.5, 0.6) is 5.75 Å². The van der Waals surface area contributed by atoms with E-state index in [-0.39, 0.29) is 18.1 Å². The van der Waals surface area contributed by atoms with Gasteiger partial charge in [-0.05, 0) is 70.1 Å². The molecule has 0 amide bonds. The number of thiocarbonyl (C=S) groups is 1. The molecule has 3 aliphatic heterocycles. The zero-order valence-electron chi connectivity index (χ0n) is 26.8. The number of methoxy groups -OCH3 is 1. The van der Waals surface area contributed by atoms with Gasteiger partial charge in [-0.15, -0.1) is 0 Å². The van der Waals surface area contributed by atoms with Crippen LogP contribution in [0.2, 0.25) is 0 Å². The van der Waals surface area contributed by atoms with Crippen molar-refractivity contribution >= 4 is 41.0 Å². The molecule has 3 aromatic rings. The lowest BCUT2D eigenvalue weighted by Crippen LogP contribution is -2.54. The highest BCUT2D eigenvalue weighted by Crippen LogP contribution is 2.41.